The Morgan fingerprint density at radius 1 is 1.48 bits per heavy atom. The van der Waals surface area contributed by atoms with Crippen LogP contribution in [0.2, 0.25) is 0 Å². The zero-order valence-corrected chi connectivity index (χ0v) is 14.4. The van der Waals surface area contributed by atoms with Crippen LogP contribution in [0.4, 0.5) is 0 Å². The van der Waals surface area contributed by atoms with E-state index in [9.17, 15) is 0 Å². The van der Waals surface area contributed by atoms with E-state index in [1.807, 2.05) is 6.92 Å². The average Bonchev–Trinajstić information content (AvgIpc) is 3.11. The molecule has 2 aromatic rings. The number of hydrogen-bond donors (Lipinski definition) is 1. The first-order valence-corrected chi connectivity index (χ1v) is 7.99. The molecule has 2 aromatic heterocycles. The van der Waals surface area contributed by atoms with Crippen LogP contribution in [0, 0.1) is 6.92 Å². The van der Waals surface area contributed by atoms with Crippen LogP contribution in [-0.2, 0) is 20.0 Å². The molecule has 0 saturated heterocycles. The maximum Gasteiger partial charge on any atom is 0.226 e. The minimum Gasteiger partial charge on any atom is -0.357 e. The van der Waals surface area contributed by atoms with Crippen molar-refractivity contribution in [2.75, 3.05) is 20.1 Å². The number of aromatic nitrogens is 3. The van der Waals surface area contributed by atoms with Gasteiger partial charge in [-0.3, -0.25) is 4.99 Å². The van der Waals surface area contributed by atoms with Crippen molar-refractivity contribution in [1.82, 2.24) is 24.9 Å². The van der Waals surface area contributed by atoms with Crippen LogP contribution < -0.4 is 5.32 Å². The highest BCUT2D eigenvalue weighted by Gasteiger charge is 2.08. The van der Waals surface area contributed by atoms with Gasteiger partial charge < -0.3 is 19.3 Å². The number of guanidine groups is 1. The van der Waals surface area contributed by atoms with E-state index in [1.54, 1.807) is 0 Å². The Labute approximate surface area is 137 Å². The third kappa shape index (κ3) is 5.12. The van der Waals surface area contributed by atoms with Crippen LogP contribution >= 0.6 is 0 Å². The molecule has 0 aliphatic rings. The summed E-state index contributed by atoms with van der Waals surface area (Å²) in [5.74, 6) is 2.27. The SMILES string of the molecule is CCNC(=NCCCc1nc(C)no1)N(C)Cc1cccn1C. The minimum atomic E-state index is 0.680. The zero-order chi connectivity index (χ0) is 16.7. The molecule has 0 aromatic carbocycles. The molecule has 0 radical (unpaired) electrons. The molecule has 0 amide bonds. The smallest absolute Gasteiger partial charge is 0.226 e. The van der Waals surface area contributed by atoms with Crippen LogP contribution in [-0.4, -0.2) is 45.7 Å². The Morgan fingerprint density at radius 2 is 2.30 bits per heavy atom. The quantitative estimate of drug-likeness (QED) is 0.478. The van der Waals surface area contributed by atoms with Crippen molar-refractivity contribution in [1.29, 1.82) is 0 Å². The summed E-state index contributed by atoms with van der Waals surface area (Å²) < 4.78 is 7.23. The molecular weight excluding hydrogens is 292 g/mol. The minimum absolute atomic E-state index is 0.680. The fourth-order valence-electron chi connectivity index (χ4n) is 2.31. The van der Waals surface area contributed by atoms with Gasteiger partial charge in [-0.2, -0.15) is 4.98 Å². The number of nitrogens with one attached hydrogen (secondary N) is 1. The van der Waals surface area contributed by atoms with E-state index in [2.05, 4.69) is 69.3 Å². The Balaban J connectivity index is 1.87. The molecular formula is C16H26N6O. The Kier molecular flexibility index (Phi) is 6.19. The van der Waals surface area contributed by atoms with Crippen LogP contribution in [0.5, 0.6) is 0 Å². The van der Waals surface area contributed by atoms with Crippen molar-refractivity contribution in [2.45, 2.75) is 33.2 Å². The van der Waals surface area contributed by atoms with Gasteiger partial charge in [-0.1, -0.05) is 5.16 Å². The predicted octanol–water partition coefficient (Wildman–Crippen LogP) is 1.75. The zero-order valence-electron chi connectivity index (χ0n) is 14.4. The highest BCUT2D eigenvalue weighted by molar-refractivity contribution is 5.79. The molecule has 0 atom stereocenters. The van der Waals surface area contributed by atoms with E-state index in [-0.39, 0.29) is 0 Å². The van der Waals surface area contributed by atoms with E-state index in [4.69, 9.17) is 4.52 Å². The van der Waals surface area contributed by atoms with Crippen molar-refractivity contribution in [2.24, 2.45) is 12.0 Å². The Hall–Kier alpha value is -2.31. The average molecular weight is 318 g/mol. The first kappa shape index (κ1) is 17.1. The van der Waals surface area contributed by atoms with E-state index < -0.39 is 0 Å². The summed E-state index contributed by atoms with van der Waals surface area (Å²) in [5.41, 5.74) is 1.25. The van der Waals surface area contributed by atoms with Gasteiger partial charge in [-0.25, -0.2) is 0 Å². The predicted molar refractivity (Wildman–Crippen MR) is 90.2 cm³/mol. The van der Waals surface area contributed by atoms with Crippen molar-refractivity contribution in [3.63, 3.8) is 0 Å². The highest BCUT2D eigenvalue weighted by atomic mass is 16.5. The van der Waals surface area contributed by atoms with Gasteiger partial charge in [0.2, 0.25) is 5.89 Å². The lowest BCUT2D eigenvalue weighted by molar-refractivity contribution is 0.372. The fraction of sp³-hybridized carbons (Fsp3) is 0.562. The molecule has 0 bridgehead atoms. The number of rotatable bonds is 7. The maximum absolute atomic E-state index is 5.11. The summed E-state index contributed by atoms with van der Waals surface area (Å²) in [6.45, 7) is 6.29. The van der Waals surface area contributed by atoms with Crippen LogP contribution in [0.25, 0.3) is 0 Å². The summed E-state index contributed by atoms with van der Waals surface area (Å²) in [5, 5.41) is 7.13. The van der Waals surface area contributed by atoms with Crippen molar-refractivity contribution in [3.8, 4) is 0 Å². The van der Waals surface area contributed by atoms with Gasteiger partial charge in [0.05, 0.1) is 6.54 Å². The normalized spacial score (nSPS) is 11.7. The lowest BCUT2D eigenvalue weighted by atomic mass is 10.3. The first-order valence-electron chi connectivity index (χ1n) is 7.99. The van der Waals surface area contributed by atoms with Crippen LogP contribution in [0.3, 0.4) is 0 Å². The van der Waals surface area contributed by atoms with Crippen molar-refractivity contribution < 1.29 is 4.52 Å². The maximum atomic E-state index is 5.11. The number of nitrogens with zero attached hydrogens (tertiary/aromatic N) is 5. The van der Waals surface area contributed by atoms with Gasteiger partial charge in [0.15, 0.2) is 11.8 Å². The van der Waals surface area contributed by atoms with Gasteiger partial charge in [-0.15, -0.1) is 0 Å². The van der Waals surface area contributed by atoms with Gasteiger partial charge in [0.25, 0.3) is 0 Å². The highest BCUT2D eigenvalue weighted by Crippen LogP contribution is 2.04. The molecule has 126 valence electrons. The second-order valence-electron chi connectivity index (χ2n) is 5.54. The second-order valence-corrected chi connectivity index (χ2v) is 5.54. The number of hydrogen-bond acceptors (Lipinski definition) is 4. The van der Waals surface area contributed by atoms with Crippen LogP contribution in [0.1, 0.15) is 30.8 Å². The molecule has 0 unspecified atom stereocenters. The number of aryl methyl sites for hydroxylation is 3. The standard InChI is InChI=1S/C16H26N6O/c1-5-17-16(22(4)12-14-8-7-11-21(14)3)18-10-6-9-15-19-13(2)20-23-15/h7-8,11H,5-6,9-10,12H2,1-4H3,(H,17,18). The molecule has 1 N–H and O–H groups in total. The molecule has 23 heavy (non-hydrogen) atoms. The van der Waals surface area contributed by atoms with E-state index in [1.165, 1.54) is 5.69 Å². The summed E-state index contributed by atoms with van der Waals surface area (Å²) in [4.78, 5) is 11.0. The molecule has 0 spiro atoms. The van der Waals surface area contributed by atoms with Crippen LogP contribution in [0.15, 0.2) is 27.8 Å². The van der Waals surface area contributed by atoms with Crippen molar-refractivity contribution in [3.05, 3.63) is 35.7 Å². The third-order valence-corrected chi connectivity index (χ3v) is 3.53. The second kappa shape index (κ2) is 8.36. The third-order valence-electron chi connectivity index (χ3n) is 3.53. The molecule has 7 heteroatoms. The number of aliphatic imine (C=N–C) groups is 1. The van der Waals surface area contributed by atoms with Gasteiger partial charge >= 0.3 is 0 Å². The largest absolute Gasteiger partial charge is 0.357 e. The lowest BCUT2D eigenvalue weighted by Gasteiger charge is -2.22. The summed E-state index contributed by atoms with van der Waals surface area (Å²) in [6.07, 6.45) is 3.69. The molecule has 0 aliphatic carbocycles. The summed E-state index contributed by atoms with van der Waals surface area (Å²) >= 11 is 0. The summed E-state index contributed by atoms with van der Waals surface area (Å²) in [6, 6.07) is 4.18. The lowest BCUT2D eigenvalue weighted by Crippen LogP contribution is -2.38. The van der Waals surface area contributed by atoms with Gasteiger partial charge in [-0.05, 0) is 32.4 Å². The molecule has 0 fully saturated rings. The van der Waals surface area contributed by atoms with E-state index >= 15 is 0 Å². The monoisotopic (exact) mass is 318 g/mol. The van der Waals surface area contributed by atoms with Gasteiger partial charge in [0, 0.05) is 45.5 Å². The molecule has 2 heterocycles. The Bertz CT molecular complexity index is 630. The van der Waals surface area contributed by atoms with E-state index in [0.717, 1.165) is 38.4 Å². The molecule has 7 nitrogen and oxygen atoms in total. The first-order chi connectivity index (χ1) is 11.1. The molecule has 2 rings (SSSR count). The van der Waals surface area contributed by atoms with E-state index in [0.29, 0.717) is 11.7 Å². The Morgan fingerprint density at radius 3 is 2.91 bits per heavy atom. The fourth-order valence-corrected chi connectivity index (χ4v) is 2.31. The van der Waals surface area contributed by atoms with Crippen molar-refractivity contribution >= 4 is 5.96 Å². The topological polar surface area (TPSA) is 71.5 Å². The van der Waals surface area contributed by atoms with Gasteiger partial charge in [0.1, 0.15) is 0 Å². The molecule has 0 saturated carbocycles. The summed E-state index contributed by atoms with van der Waals surface area (Å²) in [7, 11) is 4.11. The molecule has 0 aliphatic heterocycles.